The van der Waals surface area contributed by atoms with Gasteiger partial charge in [0.05, 0.1) is 0 Å². The minimum Gasteiger partial charge on any atom is -0.323 e. The molecule has 2 unspecified atom stereocenters. The first-order chi connectivity index (χ1) is 7.32. The molecule has 1 aromatic rings. The highest BCUT2D eigenvalue weighted by Gasteiger charge is 2.22. The smallest absolute Gasteiger partial charge is 0.0433 e. The monoisotopic (exact) mass is 239 g/mol. The summed E-state index contributed by atoms with van der Waals surface area (Å²) in [5.74, 6) is 0.522. The summed E-state index contributed by atoms with van der Waals surface area (Å²) in [5.41, 5.74) is 8.37. The Morgan fingerprint density at radius 3 is 2.38 bits per heavy atom. The zero-order chi connectivity index (χ0) is 12.3. The topological polar surface area (TPSA) is 43.1 Å². The number of hydrogen-bond donors (Lipinski definition) is 1. The van der Waals surface area contributed by atoms with Gasteiger partial charge >= 0.3 is 0 Å². The third kappa shape index (κ3) is 3.42. The maximum atomic E-state index is 12.0. The van der Waals surface area contributed by atoms with E-state index in [1.807, 2.05) is 52.0 Å². The highest BCUT2D eigenvalue weighted by molar-refractivity contribution is 7.86. The molecule has 0 radical (unpaired) electrons. The second-order valence-electron chi connectivity index (χ2n) is 5.09. The van der Waals surface area contributed by atoms with Crippen LogP contribution in [0.3, 0.4) is 0 Å². The molecular weight excluding hydrogens is 218 g/mol. The molecule has 1 aromatic carbocycles. The Labute approximate surface area is 101 Å². The highest BCUT2D eigenvalue weighted by atomic mass is 32.2. The number of aryl methyl sites for hydroxylation is 1. The Balaban J connectivity index is 2.78. The molecular formula is C13H21NOS. The van der Waals surface area contributed by atoms with Gasteiger partial charge in [-0.25, -0.2) is 0 Å². The van der Waals surface area contributed by atoms with E-state index in [9.17, 15) is 4.21 Å². The average Bonchev–Trinajstić information content (AvgIpc) is 2.16. The summed E-state index contributed by atoms with van der Waals surface area (Å²) in [7, 11) is -0.901. The van der Waals surface area contributed by atoms with E-state index < -0.39 is 10.8 Å². The van der Waals surface area contributed by atoms with Gasteiger partial charge in [-0.2, -0.15) is 0 Å². The van der Waals surface area contributed by atoms with E-state index in [2.05, 4.69) is 0 Å². The first kappa shape index (κ1) is 13.4. The van der Waals surface area contributed by atoms with Crippen molar-refractivity contribution in [1.29, 1.82) is 0 Å². The predicted octanol–water partition coefficient (Wildman–Crippen LogP) is 2.54. The van der Waals surface area contributed by atoms with Crippen LogP contribution in [0.15, 0.2) is 24.3 Å². The summed E-state index contributed by atoms with van der Waals surface area (Å²) in [6.07, 6.45) is 0. The first-order valence-corrected chi connectivity index (χ1v) is 6.84. The van der Waals surface area contributed by atoms with Crippen molar-refractivity contribution in [3.63, 3.8) is 0 Å². The molecule has 0 fully saturated rings. The van der Waals surface area contributed by atoms with E-state index >= 15 is 0 Å². The van der Waals surface area contributed by atoms with Crippen LogP contribution in [-0.4, -0.2) is 14.7 Å². The molecule has 90 valence electrons. The van der Waals surface area contributed by atoms with Crippen LogP contribution in [0, 0.1) is 6.92 Å². The number of benzene rings is 1. The van der Waals surface area contributed by atoms with Crippen molar-refractivity contribution in [1.82, 2.24) is 0 Å². The van der Waals surface area contributed by atoms with Crippen LogP contribution in [0.2, 0.25) is 0 Å². The zero-order valence-corrected chi connectivity index (χ0v) is 11.3. The fourth-order valence-electron chi connectivity index (χ4n) is 1.51. The van der Waals surface area contributed by atoms with Crippen LogP contribution in [-0.2, 0) is 10.8 Å². The van der Waals surface area contributed by atoms with Crippen molar-refractivity contribution < 1.29 is 4.21 Å². The zero-order valence-electron chi connectivity index (χ0n) is 10.5. The van der Waals surface area contributed by atoms with Gasteiger partial charge < -0.3 is 5.73 Å². The third-order valence-corrected chi connectivity index (χ3v) is 4.63. The van der Waals surface area contributed by atoms with Gasteiger partial charge in [-0.1, -0.05) is 24.3 Å². The molecule has 0 bridgehead atoms. The predicted molar refractivity (Wildman–Crippen MR) is 70.9 cm³/mol. The van der Waals surface area contributed by atoms with Crippen LogP contribution in [0.5, 0.6) is 0 Å². The lowest BCUT2D eigenvalue weighted by Gasteiger charge is -2.21. The minimum atomic E-state index is -0.901. The molecule has 1 rings (SSSR count). The van der Waals surface area contributed by atoms with Crippen molar-refractivity contribution in [2.75, 3.05) is 5.75 Å². The van der Waals surface area contributed by atoms with Crippen molar-refractivity contribution in [2.24, 2.45) is 5.73 Å². The standard InChI is InChI=1S/C13H21NOS/c1-10-7-5-6-8-11(10)12(14)9-16(15)13(2,3)4/h5-8,12H,9,14H2,1-4H3. The van der Waals surface area contributed by atoms with E-state index in [0.717, 1.165) is 5.56 Å². The normalized spacial score (nSPS) is 15.8. The fraction of sp³-hybridized carbons (Fsp3) is 0.538. The number of nitrogens with two attached hydrogens (primary N) is 1. The largest absolute Gasteiger partial charge is 0.323 e. The van der Waals surface area contributed by atoms with E-state index in [0.29, 0.717) is 5.75 Å². The Hall–Kier alpha value is -0.670. The summed E-state index contributed by atoms with van der Waals surface area (Å²) in [5, 5.41) is 0. The summed E-state index contributed by atoms with van der Waals surface area (Å²) in [6.45, 7) is 7.98. The number of hydrogen-bond acceptors (Lipinski definition) is 2. The van der Waals surface area contributed by atoms with E-state index in [1.165, 1.54) is 5.56 Å². The van der Waals surface area contributed by atoms with Gasteiger partial charge in [-0.05, 0) is 38.8 Å². The van der Waals surface area contributed by atoms with Crippen molar-refractivity contribution in [3.05, 3.63) is 35.4 Å². The van der Waals surface area contributed by atoms with Gasteiger partial charge in [-0.3, -0.25) is 4.21 Å². The number of rotatable bonds is 3. The second kappa shape index (κ2) is 5.11. The molecule has 0 heterocycles. The first-order valence-electron chi connectivity index (χ1n) is 5.52. The maximum absolute atomic E-state index is 12.0. The van der Waals surface area contributed by atoms with Gasteiger partial charge in [0.2, 0.25) is 0 Å². The molecule has 0 spiro atoms. The van der Waals surface area contributed by atoms with Crippen LogP contribution in [0.25, 0.3) is 0 Å². The molecule has 0 aliphatic heterocycles. The summed E-state index contributed by atoms with van der Waals surface area (Å²) >= 11 is 0. The lowest BCUT2D eigenvalue weighted by Crippen LogP contribution is -2.29. The van der Waals surface area contributed by atoms with E-state index in [1.54, 1.807) is 0 Å². The van der Waals surface area contributed by atoms with Gasteiger partial charge in [0.1, 0.15) is 0 Å². The van der Waals surface area contributed by atoms with Crippen LogP contribution in [0.1, 0.15) is 37.9 Å². The molecule has 2 atom stereocenters. The summed E-state index contributed by atoms with van der Waals surface area (Å²) in [4.78, 5) is 0. The molecule has 0 amide bonds. The van der Waals surface area contributed by atoms with Crippen LogP contribution < -0.4 is 5.73 Å². The Morgan fingerprint density at radius 2 is 1.88 bits per heavy atom. The molecule has 16 heavy (non-hydrogen) atoms. The van der Waals surface area contributed by atoms with Gasteiger partial charge in [0, 0.05) is 27.3 Å². The minimum absolute atomic E-state index is 0.138. The SMILES string of the molecule is Cc1ccccc1C(N)CS(=O)C(C)(C)C. The molecule has 0 aliphatic carbocycles. The molecule has 0 aromatic heterocycles. The van der Waals surface area contributed by atoms with E-state index in [4.69, 9.17) is 5.73 Å². The fourth-order valence-corrected chi connectivity index (χ4v) is 2.51. The molecule has 0 saturated carbocycles. The lowest BCUT2D eigenvalue weighted by atomic mass is 10.0. The molecule has 0 aliphatic rings. The highest BCUT2D eigenvalue weighted by Crippen LogP contribution is 2.20. The van der Waals surface area contributed by atoms with Gasteiger partial charge in [0.25, 0.3) is 0 Å². The van der Waals surface area contributed by atoms with Crippen molar-refractivity contribution in [2.45, 2.75) is 38.5 Å². The maximum Gasteiger partial charge on any atom is 0.0433 e. The Morgan fingerprint density at radius 1 is 1.31 bits per heavy atom. The summed E-state index contributed by atoms with van der Waals surface area (Å²) < 4.78 is 11.8. The lowest BCUT2D eigenvalue weighted by molar-refractivity contribution is 0.640. The van der Waals surface area contributed by atoms with E-state index in [-0.39, 0.29) is 10.8 Å². The van der Waals surface area contributed by atoms with Gasteiger partial charge in [0.15, 0.2) is 0 Å². The Bertz CT molecular complexity index is 382. The third-order valence-electron chi connectivity index (χ3n) is 2.60. The van der Waals surface area contributed by atoms with Crippen molar-refractivity contribution >= 4 is 10.8 Å². The summed E-state index contributed by atoms with van der Waals surface area (Å²) in [6, 6.07) is 7.88. The average molecular weight is 239 g/mol. The quantitative estimate of drug-likeness (QED) is 0.881. The van der Waals surface area contributed by atoms with Crippen LogP contribution in [0.4, 0.5) is 0 Å². The van der Waals surface area contributed by atoms with Crippen LogP contribution >= 0.6 is 0 Å². The van der Waals surface area contributed by atoms with Gasteiger partial charge in [-0.15, -0.1) is 0 Å². The molecule has 3 heteroatoms. The molecule has 2 N–H and O–H groups in total. The van der Waals surface area contributed by atoms with Crippen molar-refractivity contribution in [3.8, 4) is 0 Å². The molecule has 2 nitrogen and oxygen atoms in total. The molecule has 0 saturated heterocycles. The Kier molecular flexibility index (Phi) is 4.28. The second-order valence-corrected chi connectivity index (χ2v) is 7.34.